The highest BCUT2D eigenvalue weighted by Crippen LogP contribution is 2.31. The maximum Gasteiger partial charge on any atom is 0.162 e. The van der Waals surface area contributed by atoms with Crippen molar-refractivity contribution in [1.29, 1.82) is 0 Å². The lowest BCUT2D eigenvalue weighted by Crippen LogP contribution is -1.95. The molecule has 0 saturated carbocycles. The van der Waals surface area contributed by atoms with Crippen molar-refractivity contribution < 1.29 is 19.7 Å². The lowest BCUT2D eigenvalue weighted by Gasteiger charge is -2.10. The summed E-state index contributed by atoms with van der Waals surface area (Å²) in [6.07, 6.45) is 3.28. The third kappa shape index (κ3) is 3.58. The van der Waals surface area contributed by atoms with Crippen LogP contribution in [0.5, 0.6) is 23.0 Å². The zero-order valence-electron chi connectivity index (χ0n) is 15.9. The Morgan fingerprint density at radius 2 is 1.76 bits per heavy atom. The molecular weight excluding hydrogens is 370 g/mol. The van der Waals surface area contributed by atoms with Gasteiger partial charge in [-0.05, 0) is 42.5 Å². The van der Waals surface area contributed by atoms with Crippen LogP contribution in [0.3, 0.4) is 0 Å². The third-order valence-corrected chi connectivity index (χ3v) is 4.54. The molecule has 7 nitrogen and oxygen atoms in total. The molecule has 2 N–H and O–H groups in total. The van der Waals surface area contributed by atoms with Gasteiger partial charge in [0, 0.05) is 23.9 Å². The molecule has 0 bridgehead atoms. The van der Waals surface area contributed by atoms with Crippen molar-refractivity contribution in [2.24, 2.45) is 4.99 Å². The molecule has 3 aromatic carbocycles. The van der Waals surface area contributed by atoms with Crippen LogP contribution >= 0.6 is 0 Å². The first-order chi connectivity index (χ1) is 14.1. The molecule has 1 heterocycles. The fourth-order valence-electron chi connectivity index (χ4n) is 3.05. The van der Waals surface area contributed by atoms with E-state index in [2.05, 4.69) is 9.98 Å². The number of rotatable bonds is 5. The van der Waals surface area contributed by atoms with E-state index in [-0.39, 0.29) is 11.5 Å². The number of fused-ring (bicyclic) bond motifs is 1. The van der Waals surface area contributed by atoms with Crippen LogP contribution < -0.4 is 9.47 Å². The van der Waals surface area contributed by atoms with Crippen LogP contribution in [0, 0.1) is 0 Å². The van der Waals surface area contributed by atoms with Crippen molar-refractivity contribution >= 4 is 22.9 Å². The fraction of sp³-hybridized carbons (Fsp3) is 0.0909. The van der Waals surface area contributed by atoms with E-state index in [4.69, 9.17) is 9.47 Å². The summed E-state index contributed by atoms with van der Waals surface area (Å²) in [5, 5.41) is 19.2. The molecule has 0 atom stereocenters. The van der Waals surface area contributed by atoms with E-state index in [0.29, 0.717) is 22.7 Å². The molecule has 0 radical (unpaired) electrons. The van der Waals surface area contributed by atoms with E-state index in [1.807, 2.05) is 41.0 Å². The third-order valence-electron chi connectivity index (χ3n) is 4.54. The van der Waals surface area contributed by atoms with Crippen molar-refractivity contribution in [1.82, 2.24) is 9.55 Å². The van der Waals surface area contributed by atoms with E-state index in [9.17, 15) is 10.2 Å². The summed E-state index contributed by atoms with van der Waals surface area (Å²) >= 11 is 0. The smallest absolute Gasteiger partial charge is 0.162 e. The second-order valence-corrected chi connectivity index (χ2v) is 6.33. The molecule has 0 spiro atoms. The maximum atomic E-state index is 9.86. The average Bonchev–Trinajstić information content (AvgIpc) is 3.16. The molecule has 7 heteroatoms. The highest BCUT2D eigenvalue weighted by molar-refractivity contribution is 5.87. The molecule has 1 aromatic heterocycles. The van der Waals surface area contributed by atoms with Gasteiger partial charge in [0.15, 0.2) is 11.5 Å². The Bertz CT molecular complexity index is 1210. The molecule has 4 aromatic rings. The SMILES string of the molecule is COc1ccc(-n2cnc3cc(N=Cc4ccc(O)cc4O)ccc32)cc1OC. The van der Waals surface area contributed by atoms with Gasteiger partial charge in [-0.25, -0.2) is 4.98 Å². The molecular formula is C22H19N3O4. The van der Waals surface area contributed by atoms with Crippen LogP contribution in [0.1, 0.15) is 5.56 Å². The van der Waals surface area contributed by atoms with E-state index < -0.39 is 0 Å². The molecule has 29 heavy (non-hydrogen) atoms. The topological polar surface area (TPSA) is 89.1 Å². The Morgan fingerprint density at radius 3 is 2.52 bits per heavy atom. The zero-order valence-corrected chi connectivity index (χ0v) is 15.9. The number of imidazole rings is 1. The van der Waals surface area contributed by atoms with Crippen LogP contribution in [0.4, 0.5) is 5.69 Å². The maximum absolute atomic E-state index is 9.86. The van der Waals surface area contributed by atoms with Gasteiger partial charge in [0.1, 0.15) is 17.8 Å². The molecule has 0 fully saturated rings. The summed E-state index contributed by atoms with van der Waals surface area (Å²) in [4.78, 5) is 8.87. The van der Waals surface area contributed by atoms with Crippen molar-refractivity contribution in [3.05, 3.63) is 66.5 Å². The van der Waals surface area contributed by atoms with E-state index in [0.717, 1.165) is 16.7 Å². The number of aromatic hydroxyl groups is 2. The van der Waals surface area contributed by atoms with Crippen molar-refractivity contribution in [2.45, 2.75) is 0 Å². The Kier molecular flexibility index (Phi) is 4.78. The van der Waals surface area contributed by atoms with Gasteiger partial charge < -0.3 is 19.7 Å². The van der Waals surface area contributed by atoms with Gasteiger partial charge >= 0.3 is 0 Å². The zero-order chi connectivity index (χ0) is 20.4. The summed E-state index contributed by atoms with van der Waals surface area (Å²) in [6, 6.07) is 15.7. The summed E-state index contributed by atoms with van der Waals surface area (Å²) in [7, 11) is 3.20. The fourth-order valence-corrected chi connectivity index (χ4v) is 3.05. The number of ether oxygens (including phenoxy) is 2. The number of phenols is 2. The van der Waals surface area contributed by atoms with Crippen LogP contribution in [-0.4, -0.2) is 40.2 Å². The van der Waals surface area contributed by atoms with Gasteiger partial charge in [-0.3, -0.25) is 9.56 Å². The normalized spacial score (nSPS) is 11.2. The molecule has 0 unspecified atom stereocenters. The molecule has 0 aliphatic heterocycles. The second kappa shape index (κ2) is 7.55. The van der Waals surface area contributed by atoms with Crippen molar-refractivity contribution in [3.63, 3.8) is 0 Å². The molecule has 0 aliphatic carbocycles. The molecule has 146 valence electrons. The van der Waals surface area contributed by atoms with Crippen LogP contribution in [0.15, 0.2) is 65.9 Å². The van der Waals surface area contributed by atoms with Gasteiger partial charge in [-0.15, -0.1) is 0 Å². The van der Waals surface area contributed by atoms with Gasteiger partial charge in [0.05, 0.1) is 36.6 Å². The van der Waals surface area contributed by atoms with Gasteiger partial charge in [0.25, 0.3) is 0 Å². The Balaban J connectivity index is 1.66. The van der Waals surface area contributed by atoms with E-state index in [1.165, 1.54) is 12.1 Å². The number of nitrogens with zero attached hydrogens (tertiary/aromatic N) is 3. The minimum atomic E-state index is -0.0347. The van der Waals surface area contributed by atoms with Crippen LogP contribution in [0.25, 0.3) is 16.7 Å². The first-order valence-electron chi connectivity index (χ1n) is 8.84. The number of phenolic OH excluding ortho intramolecular Hbond substituents is 2. The first kappa shape index (κ1) is 18.4. The minimum Gasteiger partial charge on any atom is -0.508 e. The first-order valence-corrected chi connectivity index (χ1v) is 8.84. The predicted molar refractivity (Wildman–Crippen MR) is 111 cm³/mol. The van der Waals surface area contributed by atoms with Crippen molar-refractivity contribution in [2.75, 3.05) is 14.2 Å². The minimum absolute atomic E-state index is 0.00164. The lowest BCUT2D eigenvalue weighted by molar-refractivity contribution is 0.355. The number of benzene rings is 3. The summed E-state index contributed by atoms with van der Waals surface area (Å²) in [6.45, 7) is 0. The number of aliphatic imine (C=N–C) groups is 1. The number of aromatic nitrogens is 2. The molecule has 0 saturated heterocycles. The Morgan fingerprint density at radius 1 is 0.931 bits per heavy atom. The van der Waals surface area contributed by atoms with Crippen molar-refractivity contribution in [3.8, 4) is 28.7 Å². The Hall–Kier alpha value is -4.00. The van der Waals surface area contributed by atoms with Gasteiger partial charge in [0.2, 0.25) is 0 Å². The largest absolute Gasteiger partial charge is 0.508 e. The molecule has 0 amide bonds. The lowest BCUT2D eigenvalue weighted by atomic mass is 10.2. The standard InChI is InChI=1S/C22H19N3O4/c1-28-21-8-5-16(10-22(21)29-2)25-13-24-18-9-15(4-7-19(18)25)23-12-14-3-6-17(26)11-20(14)27/h3-13,26-27H,1-2H3. The number of methoxy groups -OCH3 is 2. The summed E-state index contributed by atoms with van der Waals surface area (Å²) in [5.74, 6) is 1.27. The quantitative estimate of drug-likeness (QED) is 0.499. The van der Waals surface area contributed by atoms with Crippen LogP contribution in [0.2, 0.25) is 0 Å². The van der Waals surface area contributed by atoms with Gasteiger partial charge in [-0.2, -0.15) is 0 Å². The Labute approximate surface area is 167 Å². The second-order valence-electron chi connectivity index (χ2n) is 6.33. The number of hydrogen-bond donors (Lipinski definition) is 2. The van der Waals surface area contributed by atoms with Gasteiger partial charge in [-0.1, -0.05) is 0 Å². The molecule has 4 rings (SSSR count). The highest BCUT2D eigenvalue weighted by Gasteiger charge is 2.09. The average molecular weight is 389 g/mol. The number of hydrogen-bond acceptors (Lipinski definition) is 6. The summed E-state index contributed by atoms with van der Waals surface area (Å²) < 4.78 is 12.6. The van der Waals surface area contributed by atoms with E-state index in [1.54, 1.807) is 32.8 Å². The predicted octanol–water partition coefficient (Wildman–Crippen LogP) is 4.20. The van der Waals surface area contributed by atoms with E-state index >= 15 is 0 Å². The highest BCUT2D eigenvalue weighted by atomic mass is 16.5. The molecule has 0 aliphatic rings. The monoisotopic (exact) mass is 389 g/mol. The van der Waals surface area contributed by atoms with Crippen LogP contribution in [-0.2, 0) is 0 Å². The summed E-state index contributed by atoms with van der Waals surface area (Å²) in [5.41, 5.74) is 3.81.